The number of alkyl halides is 7. The standard InChI is InChI=1S/C21H19F6N3O3S.C2H6.CH3F/c1-12(22)13-5-7-15(8-6-13)34(31,32)30-17-4-2-3-14(33-20(24)25)9-16(17)19(28-30)29-10-18(23)21(26,27)11-29;2*1-2/h2-8,12,18,20H,9-11H2,1H3;1-2H3;1H3. The molecule has 2 atom stereocenters. The van der Waals surface area contributed by atoms with Gasteiger partial charge < -0.3 is 9.64 Å². The summed E-state index contributed by atoms with van der Waals surface area (Å²) < 4.78 is 122. The summed E-state index contributed by atoms with van der Waals surface area (Å²) in [5.41, 5.74) is 0.154. The summed E-state index contributed by atoms with van der Waals surface area (Å²) in [6.45, 7) is 0.271. The smallest absolute Gasteiger partial charge is 0.387 e. The van der Waals surface area contributed by atoms with Crippen LogP contribution in [0.3, 0.4) is 0 Å². The van der Waals surface area contributed by atoms with Crippen LogP contribution in [0.4, 0.5) is 36.6 Å². The summed E-state index contributed by atoms with van der Waals surface area (Å²) in [4.78, 5) is 0.612. The summed E-state index contributed by atoms with van der Waals surface area (Å²) >= 11 is 0. The SMILES string of the molecule is CC.CC(F)c1ccc(S(=O)(=O)n2nc(N3CC(F)C(F)(F)C3)c3c2C=CC=C(OC(F)F)C3)cc1.CF. The van der Waals surface area contributed by atoms with Gasteiger partial charge in [-0.05, 0) is 36.8 Å². The molecule has 0 N–H and O–H groups in total. The maximum atomic E-state index is 13.9. The minimum atomic E-state index is -4.42. The summed E-state index contributed by atoms with van der Waals surface area (Å²) in [7, 11) is -3.92. The third kappa shape index (κ3) is 6.51. The first-order valence-corrected chi connectivity index (χ1v) is 12.9. The van der Waals surface area contributed by atoms with Crippen LogP contribution in [-0.4, -0.2) is 56.6 Å². The molecule has 1 aliphatic carbocycles. The number of nitrogens with zero attached hydrogens (tertiary/aromatic N) is 3. The van der Waals surface area contributed by atoms with E-state index in [2.05, 4.69) is 9.84 Å². The topological polar surface area (TPSA) is 64.4 Å². The zero-order valence-corrected chi connectivity index (χ0v) is 21.8. The van der Waals surface area contributed by atoms with Crippen LogP contribution in [0, 0.1) is 0 Å². The van der Waals surface area contributed by atoms with Crippen LogP contribution >= 0.6 is 0 Å². The van der Waals surface area contributed by atoms with Crippen LogP contribution in [-0.2, 0) is 21.2 Å². The lowest BCUT2D eigenvalue weighted by Crippen LogP contribution is -2.28. The van der Waals surface area contributed by atoms with E-state index in [-0.39, 0.29) is 33.3 Å². The van der Waals surface area contributed by atoms with E-state index < -0.39 is 54.4 Å². The molecule has 2 aromatic rings. The van der Waals surface area contributed by atoms with Gasteiger partial charge in [0, 0.05) is 12.0 Å². The van der Waals surface area contributed by atoms with Gasteiger partial charge in [-0.3, -0.25) is 4.39 Å². The van der Waals surface area contributed by atoms with E-state index >= 15 is 0 Å². The molecule has 1 aliphatic heterocycles. The van der Waals surface area contributed by atoms with Crippen molar-refractivity contribution in [2.24, 2.45) is 0 Å². The zero-order valence-electron chi connectivity index (χ0n) is 21.0. The van der Waals surface area contributed by atoms with Crippen molar-refractivity contribution in [2.75, 3.05) is 25.2 Å². The quantitative estimate of drug-likeness (QED) is 0.384. The van der Waals surface area contributed by atoms with E-state index in [1.54, 1.807) is 0 Å². The van der Waals surface area contributed by atoms with Gasteiger partial charge in [0.25, 0.3) is 15.9 Å². The molecule has 4 rings (SSSR count). The van der Waals surface area contributed by atoms with E-state index in [1.165, 1.54) is 49.4 Å². The van der Waals surface area contributed by atoms with Crippen molar-refractivity contribution >= 4 is 21.9 Å². The van der Waals surface area contributed by atoms with Crippen molar-refractivity contribution in [3.8, 4) is 0 Å². The van der Waals surface area contributed by atoms with Crippen molar-refractivity contribution in [1.29, 1.82) is 0 Å². The number of halogens is 7. The van der Waals surface area contributed by atoms with Crippen LogP contribution in [0.2, 0.25) is 0 Å². The van der Waals surface area contributed by atoms with E-state index in [1.807, 2.05) is 13.8 Å². The van der Waals surface area contributed by atoms with Crippen LogP contribution < -0.4 is 4.90 Å². The highest BCUT2D eigenvalue weighted by Gasteiger charge is 2.50. The number of ether oxygens (including phenoxy) is 1. The molecule has 0 amide bonds. The molecule has 0 saturated carbocycles. The predicted octanol–water partition coefficient (Wildman–Crippen LogP) is 6.25. The van der Waals surface area contributed by atoms with Crippen LogP contribution in [0.5, 0.6) is 0 Å². The number of allylic oxidation sites excluding steroid dienone is 3. The molecule has 14 heteroatoms. The molecular formula is C24H28F7N3O3S. The molecule has 6 nitrogen and oxygen atoms in total. The number of hydrogen-bond acceptors (Lipinski definition) is 5. The minimum Gasteiger partial charge on any atom is -0.439 e. The zero-order chi connectivity index (χ0) is 28.8. The Morgan fingerprint density at radius 1 is 1.11 bits per heavy atom. The first-order chi connectivity index (χ1) is 17.9. The molecular weight excluding hydrogens is 543 g/mol. The average molecular weight is 572 g/mol. The third-order valence-corrected chi connectivity index (χ3v) is 7.11. The number of anilines is 1. The highest BCUT2D eigenvalue weighted by atomic mass is 32.2. The van der Waals surface area contributed by atoms with Crippen LogP contribution in [0.1, 0.15) is 43.8 Å². The average Bonchev–Trinajstić information content (AvgIpc) is 3.28. The third-order valence-electron chi connectivity index (χ3n) is 5.50. The number of hydrogen-bond donors (Lipinski definition) is 0. The Kier molecular flexibility index (Phi) is 10.4. The molecule has 0 bridgehead atoms. The van der Waals surface area contributed by atoms with Gasteiger partial charge in [-0.15, -0.1) is 5.10 Å². The Hall–Kier alpha value is -3.03. The molecule has 1 aromatic heterocycles. The number of benzene rings is 1. The van der Waals surface area contributed by atoms with Crippen molar-refractivity contribution in [2.45, 2.75) is 57.0 Å². The van der Waals surface area contributed by atoms with Crippen molar-refractivity contribution < 1.29 is 43.9 Å². The first kappa shape index (κ1) is 31.2. The number of aromatic nitrogens is 2. The molecule has 0 radical (unpaired) electrons. The lowest BCUT2D eigenvalue weighted by Gasteiger charge is -2.17. The van der Waals surface area contributed by atoms with Crippen LogP contribution in [0.15, 0.2) is 47.1 Å². The second kappa shape index (κ2) is 12.7. The van der Waals surface area contributed by atoms with Crippen molar-refractivity contribution in [3.05, 3.63) is 59.0 Å². The highest BCUT2D eigenvalue weighted by Crippen LogP contribution is 2.38. The molecule has 2 heterocycles. The van der Waals surface area contributed by atoms with E-state index in [0.29, 0.717) is 11.3 Å². The summed E-state index contributed by atoms with van der Waals surface area (Å²) in [6.07, 6.45) is -0.559. The first-order valence-electron chi connectivity index (χ1n) is 11.5. The van der Waals surface area contributed by atoms with Gasteiger partial charge in [-0.25, -0.2) is 17.6 Å². The van der Waals surface area contributed by atoms with Gasteiger partial charge in [0.2, 0.25) is 0 Å². The van der Waals surface area contributed by atoms with E-state index in [4.69, 9.17) is 0 Å². The molecule has 0 spiro atoms. The Morgan fingerprint density at radius 2 is 1.71 bits per heavy atom. The van der Waals surface area contributed by atoms with Crippen molar-refractivity contribution in [1.82, 2.24) is 9.19 Å². The largest absolute Gasteiger partial charge is 0.439 e. The predicted molar refractivity (Wildman–Crippen MR) is 129 cm³/mol. The molecule has 1 saturated heterocycles. The molecule has 2 aliphatic rings. The maximum absolute atomic E-state index is 13.9. The lowest BCUT2D eigenvalue weighted by atomic mass is 10.1. The fourth-order valence-electron chi connectivity index (χ4n) is 3.79. The number of fused-ring (bicyclic) bond motifs is 1. The molecule has 1 aromatic carbocycles. The molecule has 212 valence electrons. The molecule has 1 fully saturated rings. The van der Waals surface area contributed by atoms with Gasteiger partial charge >= 0.3 is 6.61 Å². The van der Waals surface area contributed by atoms with Gasteiger partial charge in [-0.2, -0.15) is 21.3 Å². The van der Waals surface area contributed by atoms with Crippen molar-refractivity contribution in [3.63, 3.8) is 0 Å². The summed E-state index contributed by atoms with van der Waals surface area (Å²) in [5.74, 6) is -4.25. The van der Waals surface area contributed by atoms with Gasteiger partial charge in [0.1, 0.15) is 11.9 Å². The second-order valence-electron chi connectivity index (χ2n) is 7.88. The summed E-state index contributed by atoms with van der Waals surface area (Å²) in [6, 6.07) is 4.89. The Bertz CT molecular complexity index is 1240. The Balaban J connectivity index is 0.00000121. The maximum Gasteiger partial charge on any atom is 0.387 e. The van der Waals surface area contributed by atoms with Crippen LogP contribution in [0.25, 0.3) is 6.08 Å². The van der Waals surface area contributed by atoms with Gasteiger partial charge in [-0.1, -0.05) is 32.1 Å². The summed E-state index contributed by atoms with van der Waals surface area (Å²) in [5, 5.41) is 3.99. The van der Waals surface area contributed by atoms with Gasteiger partial charge in [0.05, 0.1) is 30.9 Å². The highest BCUT2D eigenvalue weighted by molar-refractivity contribution is 7.89. The minimum absolute atomic E-state index is 0.00289. The van der Waals surface area contributed by atoms with E-state index in [9.17, 15) is 39.2 Å². The Labute approximate surface area is 216 Å². The fourth-order valence-corrected chi connectivity index (χ4v) is 5.08. The lowest BCUT2D eigenvalue weighted by molar-refractivity contribution is -0.0974. The second-order valence-corrected chi connectivity index (χ2v) is 9.64. The monoisotopic (exact) mass is 571 g/mol. The normalized spacial score (nSPS) is 18.9. The van der Waals surface area contributed by atoms with E-state index in [0.717, 1.165) is 4.90 Å². The Morgan fingerprint density at radius 3 is 2.21 bits per heavy atom. The van der Waals surface area contributed by atoms with Gasteiger partial charge in [0.15, 0.2) is 12.0 Å². The molecule has 38 heavy (non-hydrogen) atoms. The fraction of sp³-hybridized carbons (Fsp3) is 0.458. The molecule has 2 unspecified atom stereocenters. The number of rotatable bonds is 6.